The molecule has 10 unspecified atom stereocenters. The zero-order valence-electron chi connectivity index (χ0n) is 21.6. The van der Waals surface area contributed by atoms with E-state index in [-0.39, 0.29) is 5.41 Å². The second-order valence-corrected chi connectivity index (χ2v) is 13.1. The van der Waals surface area contributed by atoms with Gasteiger partial charge in [-0.25, -0.2) is 0 Å². The predicted molar refractivity (Wildman–Crippen MR) is 131 cm³/mol. The first-order chi connectivity index (χ1) is 15.0. The highest BCUT2D eigenvalue weighted by Crippen LogP contribution is 2.69. The van der Waals surface area contributed by atoms with Gasteiger partial charge in [-0.3, -0.25) is 0 Å². The van der Waals surface area contributed by atoms with Crippen LogP contribution in [0.3, 0.4) is 0 Å². The zero-order chi connectivity index (χ0) is 23.5. The SMILES string of the molecule is CC=C(CCC(C)C1CCC2C3CC(O)C4(O)CC(O)CCC4(C)C3CCC12C)C(C)C. The molecule has 184 valence electrons. The molecular weight excluding hydrogens is 396 g/mol. The quantitative estimate of drug-likeness (QED) is 0.446. The monoisotopic (exact) mass is 446 g/mol. The van der Waals surface area contributed by atoms with Crippen LogP contribution < -0.4 is 0 Å². The van der Waals surface area contributed by atoms with Crippen molar-refractivity contribution in [1.29, 1.82) is 0 Å². The van der Waals surface area contributed by atoms with Gasteiger partial charge in [-0.1, -0.05) is 46.3 Å². The minimum Gasteiger partial charge on any atom is -0.393 e. The molecule has 0 heterocycles. The fourth-order valence-electron chi connectivity index (χ4n) is 9.60. The average molecular weight is 447 g/mol. The van der Waals surface area contributed by atoms with Crippen molar-refractivity contribution in [3.63, 3.8) is 0 Å². The van der Waals surface area contributed by atoms with Crippen molar-refractivity contribution in [1.82, 2.24) is 0 Å². The molecule has 3 heteroatoms. The highest BCUT2D eigenvalue weighted by molar-refractivity contribution is 5.17. The van der Waals surface area contributed by atoms with Crippen molar-refractivity contribution in [2.24, 2.45) is 46.3 Å². The molecular formula is C29H50O3. The molecule has 0 aromatic rings. The highest BCUT2D eigenvalue weighted by Gasteiger charge is 2.67. The summed E-state index contributed by atoms with van der Waals surface area (Å²) in [5.74, 6) is 3.82. The van der Waals surface area contributed by atoms with Crippen LogP contribution in [0.25, 0.3) is 0 Å². The van der Waals surface area contributed by atoms with Gasteiger partial charge in [0.2, 0.25) is 0 Å². The largest absolute Gasteiger partial charge is 0.393 e. The Balaban J connectivity index is 1.52. The van der Waals surface area contributed by atoms with E-state index in [2.05, 4.69) is 47.6 Å². The molecule has 0 spiro atoms. The van der Waals surface area contributed by atoms with Crippen molar-refractivity contribution >= 4 is 0 Å². The number of hydrogen-bond donors (Lipinski definition) is 3. The Morgan fingerprint density at radius 2 is 1.72 bits per heavy atom. The first-order valence-corrected chi connectivity index (χ1v) is 13.7. The van der Waals surface area contributed by atoms with E-state index in [0.29, 0.717) is 35.5 Å². The molecule has 0 aromatic heterocycles. The minimum atomic E-state index is -1.12. The Kier molecular flexibility index (Phi) is 6.71. The van der Waals surface area contributed by atoms with Gasteiger partial charge in [-0.2, -0.15) is 0 Å². The normalized spacial score (nSPS) is 50.0. The summed E-state index contributed by atoms with van der Waals surface area (Å²) in [7, 11) is 0. The van der Waals surface area contributed by atoms with Crippen LogP contribution in [0.1, 0.15) is 106 Å². The van der Waals surface area contributed by atoms with Gasteiger partial charge in [0.05, 0.1) is 17.8 Å². The molecule has 0 bridgehead atoms. The van der Waals surface area contributed by atoms with E-state index in [4.69, 9.17) is 0 Å². The second kappa shape index (κ2) is 8.68. The Morgan fingerprint density at radius 1 is 1.00 bits per heavy atom. The summed E-state index contributed by atoms with van der Waals surface area (Å²) in [4.78, 5) is 0. The third-order valence-electron chi connectivity index (χ3n) is 11.6. The summed E-state index contributed by atoms with van der Waals surface area (Å²) in [5, 5.41) is 33.2. The molecule has 0 saturated heterocycles. The molecule has 4 saturated carbocycles. The maximum Gasteiger partial charge on any atom is 0.0985 e. The van der Waals surface area contributed by atoms with Crippen LogP contribution in [-0.2, 0) is 0 Å². The lowest BCUT2D eigenvalue weighted by molar-refractivity contribution is -0.264. The third-order valence-corrected chi connectivity index (χ3v) is 11.6. The fraction of sp³-hybridized carbons (Fsp3) is 0.931. The molecule has 3 N–H and O–H groups in total. The van der Waals surface area contributed by atoms with E-state index in [1.54, 1.807) is 5.57 Å². The fourth-order valence-corrected chi connectivity index (χ4v) is 9.60. The summed E-state index contributed by atoms with van der Waals surface area (Å²) >= 11 is 0. The van der Waals surface area contributed by atoms with Crippen LogP contribution in [0.5, 0.6) is 0 Å². The Hall–Kier alpha value is -0.380. The molecule has 4 aliphatic rings. The molecule has 0 radical (unpaired) electrons. The van der Waals surface area contributed by atoms with Gasteiger partial charge >= 0.3 is 0 Å². The minimum absolute atomic E-state index is 0.266. The molecule has 4 fully saturated rings. The number of rotatable bonds is 5. The van der Waals surface area contributed by atoms with Crippen LogP contribution in [-0.4, -0.2) is 33.1 Å². The number of aliphatic hydroxyl groups excluding tert-OH is 2. The van der Waals surface area contributed by atoms with Gasteiger partial charge in [0.15, 0.2) is 0 Å². The number of hydrogen-bond acceptors (Lipinski definition) is 3. The molecule has 0 aliphatic heterocycles. The van der Waals surface area contributed by atoms with Crippen LogP contribution >= 0.6 is 0 Å². The maximum absolute atomic E-state index is 11.6. The van der Waals surface area contributed by atoms with Gasteiger partial charge in [0.25, 0.3) is 0 Å². The maximum atomic E-state index is 11.6. The zero-order valence-corrected chi connectivity index (χ0v) is 21.6. The van der Waals surface area contributed by atoms with Gasteiger partial charge < -0.3 is 15.3 Å². The lowest BCUT2D eigenvalue weighted by atomic mass is 9.42. The number of fused-ring (bicyclic) bond motifs is 5. The predicted octanol–water partition coefficient (Wildman–Crippen LogP) is 6.11. The van der Waals surface area contributed by atoms with Gasteiger partial charge in [-0.05, 0) is 106 Å². The van der Waals surface area contributed by atoms with Gasteiger partial charge in [0, 0.05) is 11.8 Å². The number of allylic oxidation sites excluding steroid dienone is 2. The first kappa shape index (κ1) is 24.7. The smallest absolute Gasteiger partial charge is 0.0985 e. The summed E-state index contributed by atoms with van der Waals surface area (Å²) in [6.07, 6.45) is 11.4. The van der Waals surface area contributed by atoms with E-state index >= 15 is 0 Å². The van der Waals surface area contributed by atoms with E-state index < -0.39 is 17.8 Å². The molecule has 10 atom stereocenters. The third kappa shape index (κ3) is 3.64. The van der Waals surface area contributed by atoms with Crippen molar-refractivity contribution < 1.29 is 15.3 Å². The van der Waals surface area contributed by atoms with Crippen molar-refractivity contribution in [2.75, 3.05) is 0 Å². The first-order valence-electron chi connectivity index (χ1n) is 13.7. The van der Waals surface area contributed by atoms with E-state index in [1.807, 2.05) is 0 Å². The van der Waals surface area contributed by atoms with Gasteiger partial charge in [-0.15, -0.1) is 0 Å². The van der Waals surface area contributed by atoms with E-state index in [1.165, 1.54) is 38.5 Å². The number of aliphatic hydroxyl groups is 3. The highest BCUT2D eigenvalue weighted by atomic mass is 16.3. The standard InChI is InChI=1S/C29H50O3/c1-7-20(18(2)3)9-8-19(4)23-10-11-24-22-16-26(31)29(32)17-21(30)12-15-28(29,6)25(22)13-14-27(23,24)5/h7,18-19,21-26,30-32H,8-17H2,1-6H3. The molecule has 4 rings (SSSR count). The van der Waals surface area contributed by atoms with Crippen LogP contribution in [0.2, 0.25) is 0 Å². The van der Waals surface area contributed by atoms with Crippen LogP contribution in [0.15, 0.2) is 11.6 Å². The summed E-state index contributed by atoms with van der Waals surface area (Å²) in [6.45, 7) is 14.1. The lowest BCUT2D eigenvalue weighted by Crippen LogP contribution is -2.68. The Labute approximate surface area is 197 Å². The molecule has 32 heavy (non-hydrogen) atoms. The summed E-state index contributed by atoms with van der Waals surface area (Å²) in [5.41, 5.74) is 0.582. The Morgan fingerprint density at radius 3 is 2.38 bits per heavy atom. The topological polar surface area (TPSA) is 60.7 Å². The average Bonchev–Trinajstić information content (AvgIpc) is 3.08. The van der Waals surface area contributed by atoms with E-state index in [0.717, 1.165) is 31.1 Å². The molecule has 4 aliphatic carbocycles. The van der Waals surface area contributed by atoms with Crippen LogP contribution in [0, 0.1) is 46.3 Å². The van der Waals surface area contributed by atoms with Crippen molar-refractivity contribution in [3.8, 4) is 0 Å². The molecule has 3 nitrogen and oxygen atoms in total. The van der Waals surface area contributed by atoms with E-state index in [9.17, 15) is 15.3 Å². The second-order valence-electron chi connectivity index (χ2n) is 13.1. The molecule has 0 aromatic carbocycles. The Bertz CT molecular complexity index is 715. The van der Waals surface area contributed by atoms with Gasteiger partial charge in [0.1, 0.15) is 0 Å². The summed E-state index contributed by atoms with van der Waals surface area (Å²) < 4.78 is 0. The van der Waals surface area contributed by atoms with Crippen molar-refractivity contribution in [2.45, 2.75) is 124 Å². The van der Waals surface area contributed by atoms with Crippen LogP contribution in [0.4, 0.5) is 0 Å². The van der Waals surface area contributed by atoms with Crippen molar-refractivity contribution in [3.05, 3.63) is 11.6 Å². The summed E-state index contributed by atoms with van der Waals surface area (Å²) in [6, 6.07) is 0. The molecule has 0 amide bonds. The lowest BCUT2D eigenvalue weighted by Gasteiger charge is -2.65.